The third-order valence-corrected chi connectivity index (χ3v) is 8.78. The number of alkyl halides is 4. The number of nitrogens with one attached hydrogen (secondary N) is 1. The highest BCUT2D eigenvalue weighted by Crippen LogP contribution is 2.51. The topological polar surface area (TPSA) is 58.6 Å². The third kappa shape index (κ3) is 5.37. The Morgan fingerprint density at radius 3 is 2.56 bits per heavy atom. The fraction of sp³-hybridized carbons (Fsp3) is 0.500. The molecular weight excluding hydrogens is 489 g/mol. The lowest BCUT2D eigenvalue weighted by Gasteiger charge is -2.46. The number of fused-ring (bicyclic) bond motifs is 3. The summed E-state index contributed by atoms with van der Waals surface area (Å²) in [6.07, 6.45) is -3.83. The Morgan fingerprint density at radius 1 is 1.15 bits per heavy atom. The van der Waals surface area contributed by atoms with E-state index in [1.807, 2.05) is 30.3 Å². The van der Waals surface area contributed by atoms with Crippen LogP contribution >= 0.6 is 11.6 Å². The van der Waals surface area contributed by atoms with Gasteiger partial charge in [0, 0.05) is 36.6 Å². The zero-order valence-electron chi connectivity index (χ0n) is 18.8. The van der Waals surface area contributed by atoms with E-state index in [1.54, 1.807) is 0 Å². The number of halogens is 4. The summed E-state index contributed by atoms with van der Waals surface area (Å²) < 4.78 is 73.0. The Kier molecular flexibility index (Phi) is 7.47. The normalized spacial score (nSPS) is 24.9. The maximum atomic E-state index is 13.5. The fourth-order valence-corrected chi connectivity index (χ4v) is 6.36. The summed E-state index contributed by atoms with van der Waals surface area (Å²) in [5.74, 6) is 0.111. The van der Waals surface area contributed by atoms with Crippen LogP contribution in [-0.4, -0.2) is 44.1 Å². The van der Waals surface area contributed by atoms with E-state index >= 15 is 0 Å². The fourth-order valence-electron chi connectivity index (χ4n) is 4.85. The van der Waals surface area contributed by atoms with Crippen LogP contribution in [0.1, 0.15) is 48.1 Å². The Morgan fingerprint density at radius 2 is 1.88 bits per heavy atom. The number of hydrogen-bond acceptors (Lipinski definition) is 4. The van der Waals surface area contributed by atoms with Crippen molar-refractivity contribution in [3.63, 3.8) is 0 Å². The van der Waals surface area contributed by atoms with Crippen molar-refractivity contribution < 1.29 is 26.3 Å². The van der Waals surface area contributed by atoms with Gasteiger partial charge in [-0.05, 0) is 43.0 Å². The van der Waals surface area contributed by atoms with Crippen LogP contribution in [0.3, 0.4) is 0 Å². The molecule has 1 saturated heterocycles. The molecule has 0 saturated carbocycles. The van der Waals surface area contributed by atoms with Gasteiger partial charge in [0.25, 0.3) is 0 Å². The minimum Gasteiger partial charge on any atom is -0.378 e. The average molecular weight is 517 g/mol. The van der Waals surface area contributed by atoms with Crippen molar-refractivity contribution in [1.82, 2.24) is 4.31 Å². The van der Waals surface area contributed by atoms with Crippen molar-refractivity contribution in [3.8, 4) is 0 Å². The second-order valence-electron chi connectivity index (χ2n) is 8.89. The van der Waals surface area contributed by atoms with Crippen LogP contribution in [-0.2, 0) is 20.9 Å². The third-order valence-electron chi connectivity index (χ3n) is 6.60. The molecule has 2 aromatic carbocycles. The molecule has 10 heteroatoms. The van der Waals surface area contributed by atoms with Gasteiger partial charge in [0.1, 0.15) is 0 Å². The smallest absolute Gasteiger partial charge is 0.378 e. The first-order valence-corrected chi connectivity index (χ1v) is 13.4. The lowest BCUT2D eigenvalue weighted by molar-refractivity contribution is -0.138. The molecule has 4 rings (SSSR count). The van der Waals surface area contributed by atoms with Crippen molar-refractivity contribution >= 4 is 27.3 Å². The molecule has 1 fully saturated rings. The SMILES string of the molecule is CN(C[C@H]1CC[C@@H]2[C@H](O1)c1cc(C(F)(F)F)ccc1N[C@H]2c1ccccc1)S(=O)(=O)CCCCl. The molecule has 0 unspecified atom stereocenters. The first kappa shape index (κ1) is 25.3. The predicted molar refractivity (Wildman–Crippen MR) is 126 cm³/mol. The molecule has 5 nitrogen and oxygen atoms in total. The molecule has 0 spiro atoms. The van der Waals surface area contributed by atoms with Crippen LogP contribution in [0.15, 0.2) is 48.5 Å². The van der Waals surface area contributed by atoms with Crippen LogP contribution in [0.25, 0.3) is 0 Å². The molecule has 2 aliphatic rings. The van der Waals surface area contributed by atoms with Crippen LogP contribution in [0.5, 0.6) is 0 Å². The lowest BCUT2D eigenvalue weighted by Crippen LogP contribution is -2.44. The van der Waals surface area contributed by atoms with E-state index in [9.17, 15) is 21.6 Å². The number of rotatable bonds is 7. The maximum absolute atomic E-state index is 13.5. The molecule has 34 heavy (non-hydrogen) atoms. The molecule has 0 bridgehead atoms. The second kappa shape index (κ2) is 10.0. The summed E-state index contributed by atoms with van der Waals surface area (Å²) in [6, 6.07) is 13.3. The van der Waals surface area contributed by atoms with Crippen molar-refractivity contribution in [3.05, 3.63) is 65.2 Å². The van der Waals surface area contributed by atoms with Crippen LogP contribution in [0.2, 0.25) is 0 Å². The van der Waals surface area contributed by atoms with E-state index in [-0.39, 0.29) is 30.1 Å². The lowest BCUT2D eigenvalue weighted by atomic mass is 9.76. The highest BCUT2D eigenvalue weighted by Gasteiger charge is 2.44. The molecule has 2 aromatic rings. The van der Waals surface area contributed by atoms with E-state index in [2.05, 4.69) is 5.32 Å². The van der Waals surface area contributed by atoms with Crippen LogP contribution < -0.4 is 5.32 Å². The Bertz CT molecular complexity index is 1100. The van der Waals surface area contributed by atoms with Crippen molar-refractivity contribution in [2.24, 2.45) is 5.92 Å². The molecule has 4 atom stereocenters. The van der Waals surface area contributed by atoms with Gasteiger partial charge < -0.3 is 10.1 Å². The van der Waals surface area contributed by atoms with Gasteiger partial charge in [-0.3, -0.25) is 0 Å². The molecule has 0 radical (unpaired) electrons. The number of likely N-dealkylation sites (N-methyl/N-ethyl adjacent to an activating group) is 1. The van der Waals surface area contributed by atoms with Gasteiger partial charge in [-0.1, -0.05) is 30.3 Å². The predicted octanol–water partition coefficient (Wildman–Crippen LogP) is 5.60. The highest BCUT2D eigenvalue weighted by molar-refractivity contribution is 7.89. The van der Waals surface area contributed by atoms with E-state index in [0.717, 1.165) is 17.7 Å². The molecular formula is C24H28ClF3N2O3S. The monoisotopic (exact) mass is 516 g/mol. The molecule has 1 N–H and O–H groups in total. The number of anilines is 1. The quantitative estimate of drug-likeness (QED) is 0.487. The van der Waals surface area contributed by atoms with Crippen LogP contribution in [0, 0.1) is 5.92 Å². The summed E-state index contributed by atoms with van der Waals surface area (Å²) in [5, 5.41) is 3.43. The van der Waals surface area contributed by atoms with Gasteiger partial charge >= 0.3 is 6.18 Å². The van der Waals surface area contributed by atoms with Crippen LogP contribution in [0.4, 0.5) is 18.9 Å². The molecule has 0 amide bonds. The van der Waals surface area contributed by atoms with Crippen molar-refractivity contribution in [2.45, 2.75) is 43.7 Å². The zero-order chi connectivity index (χ0) is 24.5. The Hall–Kier alpha value is -1.81. The second-order valence-corrected chi connectivity index (χ2v) is 11.5. The van der Waals surface area contributed by atoms with Crippen molar-refractivity contribution in [1.29, 1.82) is 0 Å². The van der Waals surface area contributed by atoms with E-state index in [4.69, 9.17) is 16.3 Å². The maximum Gasteiger partial charge on any atom is 0.416 e. The molecule has 2 heterocycles. The first-order chi connectivity index (χ1) is 16.1. The van der Waals surface area contributed by atoms with E-state index < -0.39 is 34.0 Å². The minimum absolute atomic E-state index is 0.0520. The number of ether oxygens (including phenoxy) is 1. The number of nitrogens with zero attached hydrogens (tertiary/aromatic N) is 1. The molecule has 186 valence electrons. The van der Waals surface area contributed by atoms with Gasteiger partial charge in [0.2, 0.25) is 10.0 Å². The largest absolute Gasteiger partial charge is 0.416 e. The highest BCUT2D eigenvalue weighted by atomic mass is 35.5. The molecule has 0 aliphatic carbocycles. The number of benzene rings is 2. The number of sulfonamides is 1. The zero-order valence-corrected chi connectivity index (χ0v) is 20.3. The Labute approximate surface area is 203 Å². The summed E-state index contributed by atoms with van der Waals surface area (Å²) in [7, 11) is -1.98. The van der Waals surface area contributed by atoms with Gasteiger partial charge in [0.05, 0.1) is 29.6 Å². The standard InChI is InChI=1S/C24H28ClF3N2O3S/c1-30(34(31,32)13-5-12-25)15-18-9-10-19-22(16-6-3-2-4-7-16)29-21-11-8-17(24(26,27)28)14-20(21)23(19)33-18/h2-4,6-8,11,14,18-19,22-23,29H,5,9-10,12-13,15H2,1H3/t18-,19+,22+,23+/m1/s1. The van der Waals surface area contributed by atoms with Gasteiger partial charge in [-0.2, -0.15) is 13.2 Å². The first-order valence-electron chi connectivity index (χ1n) is 11.3. The van der Waals surface area contributed by atoms with Gasteiger partial charge in [-0.15, -0.1) is 11.6 Å². The average Bonchev–Trinajstić information content (AvgIpc) is 2.81. The Balaban J connectivity index is 1.63. The summed E-state index contributed by atoms with van der Waals surface area (Å²) in [4.78, 5) is 0. The molecule has 2 aliphatic heterocycles. The van der Waals surface area contributed by atoms with Crippen molar-refractivity contribution in [2.75, 3.05) is 30.5 Å². The van der Waals surface area contributed by atoms with Gasteiger partial charge in [0.15, 0.2) is 0 Å². The molecule has 0 aromatic heterocycles. The summed E-state index contributed by atoms with van der Waals surface area (Å²) >= 11 is 5.64. The summed E-state index contributed by atoms with van der Waals surface area (Å²) in [6.45, 7) is 0.144. The van der Waals surface area contributed by atoms with Gasteiger partial charge in [-0.25, -0.2) is 12.7 Å². The number of hydrogen-bond donors (Lipinski definition) is 1. The van der Waals surface area contributed by atoms with E-state index in [0.29, 0.717) is 30.5 Å². The van der Waals surface area contributed by atoms with E-state index in [1.165, 1.54) is 17.4 Å². The summed E-state index contributed by atoms with van der Waals surface area (Å²) in [5.41, 5.74) is 1.37. The minimum atomic E-state index is -4.47.